The molecule has 0 bridgehead atoms. The fraction of sp³-hybridized carbons (Fsp3) is 0.250. The first-order valence-corrected chi connectivity index (χ1v) is 9.99. The van der Waals surface area contributed by atoms with E-state index in [9.17, 15) is 18.0 Å². The van der Waals surface area contributed by atoms with Crippen LogP contribution in [-0.2, 0) is 19.3 Å². The first-order valence-electron chi connectivity index (χ1n) is 9.11. The Morgan fingerprint density at radius 2 is 2.00 bits per heavy atom. The molecule has 4 aromatic rings. The molecule has 0 aliphatic rings. The lowest BCUT2D eigenvalue weighted by atomic mass is 10.2. The maximum absolute atomic E-state index is 12.6. The van der Waals surface area contributed by atoms with Gasteiger partial charge in [-0.2, -0.15) is 18.3 Å². The van der Waals surface area contributed by atoms with Gasteiger partial charge < -0.3 is 4.74 Å². The fourth-order valence-electron chi connectivity index (χ4n) is 3.12. The third-order valence-electron chi connectivity index (χ3n) is 4.66. The molecule has 0 saturated heterocycles. The van der Waals surface area contributed by atoms with Gasteiger partial charge in [-0.1, -0.05) is 0 Å². The van der Waals surface area contributed by atoms with E-state index in [2.05, 4.69) is 10.1 Å². The number of fused-ring (bicyclic) bond motifs is 1. The second-order valence-corrected chi connectivity index (χ2v) is 7.53. The topological polar surface area (TPSA) is 61.9 Å². The van der Waals surface area contributed by atoms with Gasteiger partial charge in [0.05, 0.1) is 5.52 Å². The van der Waals surface area contributed by atoms with Crippen LogP contribution in [-0.4, -0.2) is 19.3 Å². The zero-order valence-electron chi connectivity index (χ0n) is 16.1. The van der Waals surface area contributed by atoms with E-state index < -0.39 is 11.9 Å². The normalized spacial score (nSPS) is 11.9. The van der Waals surface area contributed by atoms with Crippen molar-refractivity contribution in [3.63, 3.8) is 0 Å². The second kappa shape index (κ2) is 7.60. The molecule has 1 aromatic carbocycles. The smallest absolute Gasteiger partial charge is 0.434 e. The maximum Gasteiger partial charge on any atom is 0.434 e. The van der Waals surface area contributed by atoms with E-state index in [1.54, 1.807) is 12.3 Å². The van der Waals surface area contributed by atoms with Crippen LogP contribution in [0.2, 0.25) is 0 Å². The molecule has 10 heteroatoms. The molecule has 0 spiro atoms. The SMILES string of the molecule is CCn1nc2ccc(-n3ccc(OCc4nc(C(F)(F)F)cs4)cc3=O)cc2c1C. The summed E-state index contributed by atoms with van der Waals surface area (Å²) in [6.07, 6.45) is -2.91. The predicted molar refractivity (Wildman–Crippen MR) is 107 cm³/mol. The third-order valence-corrected chi connectivity index (χ3v) is 5.48. The molecule has 0 aliphatic carbocycles. The number of halogens is 3. The second-order valence-electron chi connectivity index (χ2n) is 6.59. The highest BCUT2D eigenvalue weighted by molar-refractivity contribution is 7.09. The number of thiazole rings is 1. The van der Waals surface area contributed by atoms with Crippen LogP contribution in [0.5, 0.6) is 5.75 Å². The van der Waals surface area contributed by atoms with Crippen molar-refractivity contribution in [3.05, 3.63) is 68.7 Å². The molecule has 3 heterocycles. The van der Waals surface area contributed by atoms with Gasteiger partial charge in [0.25, 0.3) is 5.56 Å². The number of rotatable bonds is 5. The van der Waals surface area contributed by atoms with Gasteiger partial charge in [0, 0.05) is 41.0 Å². The Balaban J connectivity index is 1.55. The highest BCUT2D eigenvalue weighted by atomic mass is 32.1. The number of alkyl halides is 3. The lowest BCUT2D eigenvalue weighted by Crippen LogP contribution is -2.16. The first kappa shape index (κ1) is 20.1. The van der Waals surface area contributed by atoms with Crippen LogP contribution in [0.15, 0.2) is 46.7 Å². The van der Waals surface area contributed by atoms with Gasteiger partial charge in [0.15, 0.2) is 5.69 Å². The predicted octanol–water partition coefficient (Wildman–Crippen LogP) is 4.57. The molecular formula is C20H17F3N4O2S. The third kappa shape index (κ3) is 3.82. The number of pyridine rings is 1. The summed E-state index contributed by atoms with van der Waals surface area (Å²) in [5.41, 5.74) is 1.30. The van der Waals surface area contributed by atoms with Gasteiger partial charge in [-0.15, -0.1) is 11.3 Å². The highest BCUT2D eigenvalue weighted by Crippen LogP contribution is 2.30. The highest BCUT2D eigenvalue weighted by Gasteiger charge is 2.33. The monoisotopic (exact) mass is 434 g/mol. The number of aromatic nitrogens is 4. The van der Waals surface area contributed by atoms with Crippen molar-refractivity contribution in [3.8, 4) is 11.4 Å². The number of hydrogen-bond donors (Lipinski definition) is 0. The summed E-state index contributed by atoms with van der Waals surface area (Å²) in [5.74, 6) is 0.260. The van der Waals surface area contributed by atoms with Gasteiger partial charge in [0.2, 0.25) is 0 Å². The quantitative estimate of drug-likeness (QED) is 0.462. The minimum absolute atomic E-state index is 0.147. The average Bonchev–Trinajstić information content (AvgIpc) is 3.31. The van der Waals surface area contributed by atoms with Gasteiger partial charge in [-0.3, -0.25) is 14.0 Å². The molecule has 0 saturated carbocycles. The van der Waals surface area contributed by atoms with Gasteiger partial charge >= 0.3 is 6.18 Å². The molecule has 0 unspecified atom stereocenters. The van der Waals surface area contributed by atoms with Crippen LogP contribution < -0.4 is 10.3 Å². The Labute approximate surface area is 173 Å². The van der Waals surface area contributed by atoms with E-state index in [4.69, 9.17) is 4.74 Å². The van der Waals surface area contributed by atoms with Crippen LogP contribution in [0.4, 0.5) is 13.2 Å². The molecule has 0 aliphatic heterocycles. The molecule has 156 valence electrons. The number of hydrogen-bond acceptors (Lipinski definition) is 5. The van der Waals surface area contributed by atoms with Crippen LogP contribution in [0.25, 0.3) is 16.6 Å². The lowest BCUT2D eigenvalue weighted by molar-refractivity contribution is -0.140. The van der Waals surface area contributed by atoms with Crippen molar-refractivity contribution in [2.45, 2.75) is 33.2 Å². The summed E-state index contributed by atoms with van der Waals surface area (Å²) in [7, 11) is 0. The molecule has 6 nitrogen and oxygen atoms in total. The minimum Gasteiger partial charge on any atom is -0.486 e. The minimum atomic E-state index is -4.48. The Morgan fingerprint density at radius 3 is 2.67 bits per heavy atom. The molecule has 30 heavy (non-hydrogen) atoms. The van der Waals surface area contributed by atoms with E-state index in [1.165, 1.54) is 10.6 Å². The van der Waals surface area contributed by atoms with E-state index in [0.29, 0.717) is 5.69 Å². The Hall–Kier alpha value is -3.14. The van der Waals surface area contributed by atoms with Gasteiger partial charge in [0.1, 0.15) is 17.4 Å². The van der Waals surface area contributed by atoms with Crippen LogP contribution >= 0.6 is 11.3 Å². The standard InChI is InChI=1S/C20H17F3N4O2S/c1-3-27-12(2)15-8-13(4-5-16(15)25-27)26-7-6-14(9-19(26)28)29-10-18-24-17(11-30-18)20(21,22)23/h4-9,11H,3,10H2,1-2H3. The van der Waals surface area contributed by atoms with E-state index in [-0.39, 0.29) is 22.9 Å². The number of ether oxygens (including phenoxy) is 1. The summed E-state index contributed by atoms with van der Waals surface area (Å²) in [4.78, 5) is 16.1. The van der Waals surface area contributed by atoms with Crippen LogP contribution in [0.1, 0.15) is 23.3 Å². The Bertz CT molecular complexity index is 1270. The molecule has 0 fully saturated rings. The van der Waals surface area contributed by atoms with Crippen molar-refractivity contribution in [2.75, 3.05) is 0 Å². The Kier molecular flexibility index (Phi) is 5.10. The molecule has 0 N–H and O–H groups in total. The Morgan fingerprint density at radius 1 is 1.20 bits per heavy atom. The van der Waals surface area contributed by atoms with Crippen molar-refractivity contribution in [2.24, 2.45) is 0 Å². The lowest BCUT2D eigenvalue weighted by Gasteiger charge is -2.08. The van der Waals surface area contributed by atoms with E-state index >= 15 is 0 Å². The van der Waals surface area contributed by atoms with Crippen molar-refractivity contribution in [1.82, 2.24) is 19.3 Å². The van der Waals surface area contributed by atoms with E-state index in [1.807, 2.05) is 36.7 Å². The number of benzene rings is 1. The maximum atomic E-state index is 12.6. The fourth-order valence-corrected chi connectivity index (χ4v) is 3.83. The molecular weight excluding hydrogens is 417 g/mol. The summed E-state index contributed by atoms with van der Waals surface area (Å²) in [5, 5.41) is 6.59. The first-order chi connectivity index (χ1) is 14.3. The van der Waals surface area contributed by atoms with Gasteiger partial charge in [-0.25, -0.2) is 4.98 Å². The van der Waals surface area contributed by atoms with Crippen molar-refractivity contribution < 1.29 is 17.9 Å². The van der Waals surface area contributed by atoms with Crippen molar-refractivity contribution in [1.29, 1.82) is 0 Å². The summed E-state index contributed by atoms with van der Waals surface area (Å²) >= 11 is 0.859. The molecule has 0 amide bonds. The van der Waals surface area contributed by atoms with E-state index in [0.717, 1.165) is 39.9 Å². The number of nitrogens with zero attached hydrogens (tertiary/aromatic N) is 4. The summed E-state index contributed by atoms with van der Waals surface area (Å²) in [6.45, 7) is 4.60. The zero-order valence-corrected chi connectivity index (χ0v) is 16.9. The largest absolute Gasteiger partial charge is 0.486 e. The molecule has 3 aromatic heterocycles. The zero-order chi connectivity index (χ0) is 21.5. The van der Waals surface area contributed by atoms with Crippen molar-refractivity contribution >= 4 is 22.2 Å². The molecule has 0 radical (unpaired) electrons. The molecule has 4 rings (SSSR count). The average molecular weight is 434 g/mol. The number of aryl methyl sites for hydroxylation is 2. The van der Waals surface area contributed by atoms with Gasteiger partial charge in [-0.05, 0) is 38.1 Å². The molecule has 0 atom stereocenters. The van der Waals surface area contributed by atoms with Crippen LogP contribution in [0.3, 0.4) is 0 Å². The summed E-state index contributed by atoms with van der Waals surface area (Å²) < 4.78 is 46.7. The van der Waals surface area contributed by atoms with Crippen LogP contribution in [0, 0.1) is 6.92 Å². The summed E-state index contributed by atoms with van der Waals surface area (Å²) in [6, 6.07) is 8.46.